The highest BCUT2D eigenvalue weighted by Crippen LogP contribution is 2.22. The minimum atomic E-state index is -1.19. The number of carboxylic acid groups (broad SMARTS) is 1. The molecule has 2 N–H and O–H groups in total. The summed E-state index contributed by atoms with van der Waals surface area (Å²) in [6, 6.07) is 14.5. The molecule has 0 saturated carbocycles. The van der Waals surface area contributed by atoms with E-state index in [4.69, 9.17) is 5.11 Å². The first-order chi connectivity index (χ1) is 13.0. The van der Waals surface area contributed by atoms with Gasteiger partial charge in [-0.3, -0.25) is 19.7 Å². The summed E-state index contributed by atoms with van der Waals surface area (Å²) < 4.78 is 1.37. The fourth-order valence-electron chi connectivity index (χ4n) is 2.31. The second kappa shape index (κ2) is 7.44. The van der Waals surface area contributed by atoms with Crippen LogP contribution in [-0.4, -0.2) is 43.2 Å². The molecular weight excluding hydrogens is 354 g/mol. The molecule has 0 aliphatic rings. The van der Waals surface area contributed by atoms with Gasteiger partial charge >= 0.3 is 5.97 Å². The number of nitro groups is 1. The predicted molar refractivity (Wildman–Crippen MR) is 93.4 cm³/mol. The lowest BCUT2D eigenvalue weighted by atomic mass is 10.2. The van der Waals surface area contributed by atoms with E-state index in [0.29, 0.717) is 17.1 Å². The topological polar surface area (TPSA) is 140 Å². The largest absolute Gasteiger partial charge is 0.480 e. The Morgan fingerprint density at radius 2 is 1.78 bits per heavy atom. The van der Waals surface area contributed by atoms with E-state index < -0.39 is 23.3 Å². The number of carboxylic acids is 1. The number of hydrogen-bond donors (Lipinski definition) is 2. The zero-order valence-electron chi connectivity index (χ0n) is 13.8. The van der Waals surface area contributed by atoms with Crippen molar-refractivity contribution < 1.29 is 19.6 Å². The van der Waals surface area contributed by atoms with E-state index in [1.54, 1.807) is 24.3 Å². The van der Waals surface area contributed by atoms with Crippen LogP contribution in [0.25, 0.3) is 17.1 Å². The van der Waals surface area contributed by atoms with E-state index in [0.717, 1.165) is 0 Å². The van der Waals surface area contributed by atoms with E-state index in [2.05, 4.69) is 15.4 Å². The molecular formula is C17H13N5O5. The summed E-state index contributed by atoms with van der Waals surface area (Å²) in [5.74, 6) is -1.81. The van der Waals surface area contributed by atoms with Crippen molar-refractivity contribution in [2.45, 2.75) is 0 Å². The van der Waals surface area contributed by atoms with E-state index in [-0.39, 0.29) is 11.5 Å². The van der Waals surface area contributed by atoms with Gasteiger partial charge in [0.2, 0.25) is 5.82 Å². The lowest BCUT2D eigenvalue weighted by molar-refractivity contribution is -0.384. The van der Waals surface area contributed by atoms with Gasteiger partial charge in [-0.1, -0.05) is 30.3 Å². The third kappa shape index (κ3) is 3.95. The van der Waals surface area contributed by atoms with Gasteiger partial charge in [-0.25, -0.2) is 9.67 Å². The second-order valence-electron chi connectivity index (χ2n) is 5.39. The standard InChI is InChI=1S/C17H13N5O5/c23-14(24)10-18-17(25)15-19-16(11-4-2-1-3-5-11)21(20-15)12-6-8-13(9-7-12)22(26)27/h1-9H,10H2,(H,18,25)(H,23,24). The summed E-state index contributed by atoms with van der Waals surface area (Å²) >= 11 is 0. The normalized spacial score (nSPS) is 10.4. The average molecular weight is 367 g/mol. The van der Waals surface area contributed by atoms with Gasteiger partial charge in [0, 0.05) is 17.7 Å². The maximum Gasteiger partial charge on any atom is 0.322 e. The molecule has 0 saturated heterocycles. The van der Waals surface area contributed by atoms with Gasteiger partial charge in [-0.15, -0.1) is 5.10 Å². The van der Waals surface area contributed by atoms with Crippen molar-refractivity contribution in [3.63, 3.8) is 0 Å². The first-order valence-corrected chi connectivity index (χ1v) is 7.73. The molecule has 0 radical (unpaired) electrons. The number of nitro benzene ring substituents is 1. The zero-order valence-corrected chi connectivity index (χ0v) is 13.8. The Bertz CT molecular complexity index is 998. The van der Waals surface area contributed by atoms with Crippen LogP contribution in [0, 0.1) is 10.1 Å². The molecule has 0 spiro atoms. The van der Waals surface area contributed by atoms with Crippen LogP contribution in [0.2, 0.25) is 0 Å². The Kier molecular flexibility index (Phi) is 4.88. The number of aliphatic carboxylic acids is 1. The molecule has 0 atom stereocenters. The smallest absolute Gasteiger partial charge is 0.322 e. The van der Waals surface area contributed by atoms with E-state index in [1.807, 2.05) is 6.07 Å². The van der Waals surface area contributed by atoms with Crippen molar-refractivity contribution in [1.29, 1.82) is 0 Å². The maximum atomic E-state index is 12.1. The lowest BCUT2D eigenvalue weighted by Gasteiger charge is -2.05. The average Bonchev–Trinajstić information content (AvgIpc) is 3.12. The van der Waals surface area contributed by atoms with Crippen LogP contribution in [0.3, 0.4) is 0 Å². The molecule has 1 aromatic heterocycles. The number of benzene rings is 2. The van der Waals surface area contributed by atoms with E-state index >= 15 is 0 Å². The van der Waals surface area contributed by atoms with Crippen molar-refractivity contribution in [2.75, 3.05) is 6.54 Å². The first-order valence-electron chi connectivity index (χ1n) is 7.73. The molecule has 0 unspecified atom stereocenters. The molecule has 1 heterocycles. The summed E-state index contributed by atoms with van der Waals surface area (Å²) in [5.41, 5.74) is 1.05. The monoisotopic (exact) mass is 367 g/mol. The van der Waals surface area contributed by atoms with Crippen molar-refractivity contribution >= 4 is 17.6 Å². The van der Waals surface area contributed by atoms with Crippen LogP contribution in [0.1, 0.15) is 10.6 Å². The Labute approximate surface area is 152 Å². The van der Waals surface area contributed by atoms with Crippen molar-refractivity contribution in [3.05, 3.63) is 70.5 Å². The number of hydrogen-bond acceptors (Lipinski definition) is 6. The number of carbonyl (C=O) groups is 2. The third-order valence-corrected chi connectivity index (χ3v) is 3.55. The highest BCUT2D eigenvalue weighted by atomic mass is 16.6. The number of non-ortho nitro benzene ring substituents is 1. The fraction of sp³-hybridized carbons (Fsp3) is 0.0588. The molecule has 0 aliphatic carbocycles. The van der Waals surface area contributed by atoms with Gasteiger partial charge in [0.1, 0.15) is 6.54 Å². The molecule has 10 heteroatoms. The molecule has 136 valence electrons. The van der Waals surface area contributed by atoms with Gasteiger partial charge in [0.05, 0.1) is 10.6 Å². The zero-order chi connectivity index (χ0) is 19.4. The Morgan fingerprint density at radius 3 is 2.37 bits per heavy atom. The Hall–Kier alpha value is -4.08. The Balaban J connectivity index is 2.04. The highest BCUT2D eigenvalue weighted by Gasteiger charge is 2.19. The molecule has 27 heavy (non-hydrogen) atoms. The quantitative estimate of drug-likeness (QED) is 0.498. The summed E-state index contributed by atoms with van der Waals surface area (Å²) in [6.07, 6.45) is 0. The number of carbonyl (C=O) groups excluding carboxylic acids is 1. The van der Waals surface area contributed by atoms with Gasteiger partial charge in [-0.2, -0.15) is 0 Å². The van der Waals surface area contributed by atoms with Gasteiger partial charge in [0.15, 0.2) is 5.82 Å². The van der Waals surface area contributed by atoms with Crippen LogP contribution < -0.4 is 5.32 Å². The number of amides is 1. The SMILES string of the molecule is O=C(O)CNC(=O)c1nc(-c2ccccc2)n(-c2ccc([N+](=O)[O-])cc2)n1. The molecule has 2 aromatic carbocycles. The summed E-state index contributed by atoms with van der Waals surface area (Å²) in [7, 11) is 0. The third-order valence-electron chi connectivity index (χ3n) is 3.55. The molecule has 0 fully saturated rings. The molecule has 3 rings (SSSR count). The van der Waals surface area contributed by atoms with Crippen LogP contribution in [0.15, 0.2) is 54.6 Å². The van der Waals surface area contributed by atoms with Gasteiger partial charge < -0.3 is 10.4 Å². The number of aromatic nitrogens is 3. The first kappa shape index (κ1) is 17.7. The number of nitrogens with zero attached hydrogens (tertiary/aromatic N) is 4. The van der Waals surface area contributed by atoms with E-state index in [9.17, 15) is 19.7 Å². The van der Waals surface area contributed by atoms with Crippen LogP contribution >= 0.6 is 0 Å². The minimum absolute atomic E-state index is 0.0837. The van der Waals surface area contributed by atoms with Crippen molar-refractivity contribution in [1.82, 2.24) is 20.1 Å². The molecule has 0 aliphatic heterocycles. The second-order valence-corrected chi connectivity index (χ2v) is 5.39. The van der Waals surface area contributed by atoms with Crippen LogP contribution in [0.5, 0.6) is 0 Å². The molecule has 3 aromatic rings. The highest BCUT2D eigenvalue weighted by molar-refractivity contribution is 5.92. The van der Waals surface area contributed by atoms with Gasteiger partial charge in [-0.05, 0) is 12.1 Å². The number of nitrogens with one attached hydrogen (secondary N) is 1. The molecule has 10 nitrogen and oxygen atoms in total. The van der Waals surface area contributed by atoms with Crippen LogP contribution in [0.4, 0.5) is 5.69 Å². The van der Waals surface area contributed by atoms with Gasteiger partial charge in [0.25, 0.3) is 11.6 Å². The maximum absolute atomic E-state index is 12.1. The fourth-order valence-corrected chi connectivity index (χ4v) is 2.31. The lowest BCUT2D eigenvalue weighted by Crippen LogP contribution is -2.30. The summed E-state index contributed by atoms with van der Waals surface area (Å²) in [5, 5.41) is 25.8. The Morgan fingerprint density at radius 1 is 1.11 bits per heavy atom. The summed E-state index contributed by atoms with van der Waals surface area (Å²) in [6.45, 7) is -0.564. The minimum Gasteiger partial charge on any atom is -0.480 e. The van der Waals surface area contributed by atoms with Crippen LogP contribution in [-0.2, 0) is 4.79 Å². The van der Waals surface area contributed by atoms with Crippen molar-refractivity contribution in [3.8, 4) is 17.1 Å². The summed E-state index contributed by atoms with van der Waals surface area (Å²) in [4.78, 5) is 37.3. The van der Waals surface area contributed by atoms with Crippen molar-refractivity contribution in [2.24, 2.45) is 0 Å². The van der Waals surface area contributed by atoms with E-state index in [1.165, 1.54) is 28.9 Å². The molecule has 1 amide bonds. The molecule has 0 bridgehead atoms. The predicted octanol–water partition coefficient (Wildman–Crippen LogP) is 1.66. The number of rotatable bonds is 6.